The van der Waals surface area contributed by atoms with Crippen LogP contribution in [0.15, 0.2) is 54.6 Å². The Balaban J connectivity index is 1.77. The molecule has 3 aromatic carbocycles. The van der Waals surface area contributed by atoms with E-state index >= 15 is 0 Å². The maximum absolute atomic E-state index is 6.15. The fourth-order valence-corrected chi connectivity index (χ4v) is 6.46. The molecule has 3 aromatic rings. The van der Waals surface area contributed by atoms with Gasteiger partial charge in [-0.1, -0.05) is 0 Å². The van der Waals surface area contributed by atoms with E-state index < -0.39 is 0 Å². The number of benzene rings is 3. The van der Waals surface area contributed by atoms with E-state index in [-0.39, 0.29) is 0 Å². The number of anilines is 3. The fraction of sp³-hybridized carbons (Fsp3) is 0.217. The monoisotopic (exact) mass is 407 g/mol. The number of rotatable bonds is 1. The summed E-state index contributed by atoms with van der Waals surface area (Å²) in [6.45, 7) is 5.17. The quantitative estimate of drug-likeness (QED) is 0.442. The molecule has 0 amide bonds. The zero-order valence-electron chi connectivity index (χ0n) is 15.1. The van der Waals surface area contributed by atoms with Crippen molar-refractivity contribution in [3.8, 4) is 5.75 Å². The molecule has 0 spiro atoms. The van der Waals surface area contributed by atoms with Crippen molar-refractivity contribution in [2.45, 2.75) is 26.7 Å². The van der Waals surface area contributed by atoms with E-state index in [1.165, 1.54) is 42.7 Å². The van der Waals surface area contributed by atoms with Crippen LogP contribution in [0.25, 0.3) is 0 Å². The molecule has 26 heavy (non-hydrogen) atoms. The average Bonchev–Trinajstić information content (AvgIpc) is 2.65. The Morgan fingerprint density at radius 3 is 2.23 bits per heavy atom. The van der Waals surface area contributed by atoms with Gasteiger partial charge in [0.2, 0.25) is 0 Å². The predicted octanol–water partition coefficient (Wildman–Crippen LogP) is 4.07. The molecule has 0 aromatic heterocycles. The van der Waals surface area contributed by atoms with Gasteiger partial charge >= 0.3 is 161 Å². The van der Waals surface area contributed by atoms with Crippen LogP contribution in [0.4, 0.5) is 17.1 Å². The fourth-order valence-electron chi connectivity index (χ4n) is 3.83. The summed E-state index contributed by atoms with van der Waals surface area (Å²) in [7, 11) is 0. The van der Waals surface area contributed by atoms with Crippen molar-refractivity contribution < 1.29 is 4.74 Å². The third kappa shape index (κ3) is 2.55. The predicted molar refractivity (Wildman–Crippen MR) is 109 cm³/mol. The molecule has 2 heterocycles. The van der Waals surface area contributed by atoms with E-state index in [2.05, 4.69) is 73.3 Å². The number of ether oxygens (including phenoxy) is 1. The number of hydrogen-bond donors (Lipinski definition) is 0. The number of para-hydroxylation sites is 1. The number of aryl methyl sites for hydroxylation is 3. The Kier molecular flexibility index (Phi) is 3.81. The summed E-state index contributed by atoms with van der Waals surface area (Å²) < 4.78 is 9.05. The van der Waals surface area contributed by atoms with Crippen LogP contribution in [0.3, 0.4) is 0 Å². The van der Waals surface area contributed by atoms with E-state index in [0.717, 1.165) is 25.2 Å². The van der Waals surface area contributed by atoms with E-state index in [0.29, 0.717) is 15.0 Å². The summed E-state index contributed by atoms with van der Waals surface area (Å²) in [5.74, 6) is 1.06. The second kappa shape index (κ2) is 6.19. The Labute approximate surface area is 161 Å². The molecule has 0 bridgehead atoms. The molecule has 0 saturated heterocycles. The third-order valence-electron chi connectivity index (χ3n) is 5.09. The minimum atomic E-state index is 0.328. The van der Waals surface area contributed by atoms with Crippen molar-refractivity contribution in [1.82, 2.24) is 0 Å². The van der Waals surface area contributed by atoms with Crippen molar-refractivity contribution in [1.29, 1.82) is 0 Å². The van der Waals surface area contributed by atoms with Crippen LogP contribution >= 0.6 is 0 Å². The zero-order chi connectivity index (χ0) is 17.7. The molecule has 3 heteroatoms. The molecule has 130 valence electrons. The molecule has 5 rings (SSSR count). The molecule has 0 radical (unpaired) electrons. The van der Waals surface area contributed by atoms with Gasteiger partial charge in [-0.3, -0.25) is 0 Å². The van der Waals surface area contributed by atoms with E-state index in [1.807, 2.05) is 0 Å². The van der Waals surface area contributed by atoms with Crippen molar-refractivity contribution in [2.75, 3.05) is 11.5 Å². The summed E-state index contributed by atoms with van der Waals surface area (Å²) in [5.41, 5.74) is 7.75. The summed E-state index contributed by atoms with van der Waals surface area (Å²) in [4.78, 5) is 2.42. The normalized spacial score (nSPS) is 14.9. The molecule has 0 aliphatic carbocycles. The Hall–Kier alpha value is -2.22. The summed E-state index contributed by atoms with van der Waals surface area (Å²) in [5, 5.41) is 0. The number of fused-ring (bicyclic) bond motifs is 3. The Morgan fingerprint density at radius 1 is 0.846 bits per heavy atom. The van der Waals surface area contributed by atoms with Crippen LogP contribution in [0.2, 0.25) is 0 Å². The van der Waals surface area contributed by atoms with E-state index in [4.69, 9.17) is 4.74 Å². The van der Waals surface area contributed by atoms with Crippen LogP contribution in [0.5, 0.6) is 5.75 Å². The van der Waals surface area contributed by atoms with E-state index in [9.17, 15) is 0 Å². The number of nitrogens with zero attached hydrogens (tertiary/aromatic N) is 1. The standard InChI is InChI=1S/C23H21NOSe/c1-15-8-10-18-21(13-15)26-22-14-16(2)9-11-19(22)24(18)20-7-3-5-17-6-4-12-25-23(17)20/h3,5,7-11,13-14H,4,6,12H2,1-2H3. The summed E-state index contributed by atoms with van der Waals surface area (Å²) in [6, 6.07) is 20.3. The molecule has 0 fully saturated rings. The minimum absolute atomic E-state index is 0.328. The van der Waals surface area contributed by atoms with Gasteiger partial charge in [0.1, 0.15) is 0 Å². The number of hydrogen-bond acceptors (Lipinski definition) is 2. The molecule has 0 N–H and O–H groups in total. The van der Waals surface area contributed by atoms with Gasteiger partial charge in [-0.05, 0) is 0 Å². The van der Waals surface area contributed by atoms with Crippen molar-refractivity contribution in [3.63, 3.8) is 0 Å². The molecule has 0 atom stereocenters. The van der Waals surface area contributed by atoms with Gasteiger partial charge < -0.3 is 0 Å². The van der Waals surface area contributed by atoms with E-state index in [1.54, 1.807) is 0 Å². The Bertz CT molecular complexity index is 960. The van der Waals surface area contributed by atoms with Crippen LogP contribution in [-0.4, -0.2) is 21.6 Å². The third-order valence-corrected chi connectivity index (χ3v) is 7.38. The van der Waals surface area contributed by atoms with Gasteiger partial charge in [-0.15, -0.1) is 0 Å². The second-order valence-corrected chi connectivity index (χ2v) is 9.37. The van der Waals surface area contributed by atoms with Crippen molar-refractivity contribution in [2.24, 2.45) is 0 Å². The van der Waals surface area contributed by atoms with Gasteiger partial charge in [-0.25, -0.2) is 0 Å². The molecular formula is C23H21NOSe. The van der Waals surface area contributed by atoms with Gasteiger partial charge in [-0.2, -0.15) is 0 Å². The van der Waals surface area contributed by atoms with Crippen LogP contribution in [-0.2, 0) is 6.42 Å². The van der Waals surface area contributed by atoms with Gasteiger partial charge in [0, 0.05) is 0 Å². The topological polar surface area (TPSA) is 12.5 Å². The molecule has 0 unspecified atom stereocenters. The van der Waals surface area contributed by atoms with Crippen LogP contribution in [0.1, 0.15) is 23.1 Å². The maximum atomic E-state index is 6.15. The second-order valence-electron chi connectivity index (χ2n) is 7.10. The average molecular weight is 406 g/mol. The first kappa shape index (κ1) is 16.0. The van der Waals surface area contributed by atoms with Crippen molar-refractivity contribution in [3.05, 3.63) is 71.3 Å². The zero-order valence-corrected chi connectivity index (χ0v) is 16.8. The first-order valence-electron chi connectivity index (χ1n) is 9.15. The Morgan fingerprint density at radius 2 is 1.54 bits per heavy atom. The molecule has 2 aliphatic rings. The summed E-state index contributed by atoms with van der Waals surface area (Å²) >= 11 is 0.328. The van der Waals surface area contributed by atoms with Gasteiger partial charge in [0.25, 0.3) is 0 Å². The van der Waals surface area contributed by atoms with Crippen LogP contribution in [0, 0.1) is 13.8 Å². The SMILES string of the molecule is Cc1ccc2c(c1)[Se]c1cc(C)ccc1N2c1cccc2c1OCCC2. The van der Waals surface area contributed by atoms with Gasteiger partial charge in [0.05, 0.1) is 0 Å². The first-order valence-corrected chi connectivity index (χ1v) is 10.9. The van der Waals surface area contributed by atoms with Gasteiger partial charge in [0.15, 0.2) is 0 Å². The molecular weight excluding hydrogens is 385 g/mol. The van der Waals surface area contributed by atoms with Crippen LogP contribution < -0.4 is 18.6 Å². The molecule has 2 nitrogen and oxygen atoms in total. The summed E-state index contributed by atoms with van der Waals surface area (Å²) in [6.07, 6.45) is 2.20. The van der Waals surface area contributed by atoms with Crippen molar-refractivity contribution >= 4 is 40.9 Å². The molecule has 0 saturated carbocycles. The first-order chi connectivity index (χ1) is 12.7. The molecule has 2 aliphatic heterocycles.